The first-order chi connectivity index (χ1) is 15.8. The SMILES string of the molecule is O=C(COC(=O)c1cccc(S(=O)(=O)N2CCc3ccccc32)c1)Nc1ccc(F)c(Cl)c1. The quantitative estimate of drug-likeness (QED) is 0.529. The van der Waals surface area contributed by atoms with Crippen molar-refractivity contribution in [2.45, 2.75) is 11.3 Å². The molecule has 0 radical (unpaired) electrons. The number of halogens is 2. The maximum atomic E-state index is 13.2. The first-order valence-corrected chi connectivity index (χ1v) is 11.7. The van der Waals surface area contributed by atoms with Gasteiger partial charge in [0.25, 0.3) is 15.9 Å². The van der Waals surface area contributed by atoms with E-state index in [1.807, 2.05) is 12.1 Å². The van der Waals surface area contributed by atoms with Crippen LogP contribution < -0.4 is 9.62 Å². The zero-order valence-corrected chi connectivity index (χ0v) is 18.7. The molecule has 1 heterocycles. The lowest BCUT2D eigenvalue weighted by atomic mass is 10.2. The average Bonchev–Trinajstić information content (AvgIpc) is 3.25. The molecule has 0 fully saturated rings. The summed E-state index contributed by atoms with van der Waals surface area (Å²) < 4.78 is 45.8. The second-order valence-electron chi connectivity index (χ2n) is 7.24. The van der Waals surface area contributed by atoms with Crippen LogP contribution in [0.25, 0.3) is 0 Å². The van der Waals surface area contributed by atoms with Crippen molar-refractivity contribution in [1.82, 2.24) is 0 Å². The smallest absolute Gasteiger partial charge is 0.338 e. The number of esters is 1. The van der Waals surface area contributed by atoms with E-state index < -0.39 is 34.3 Å². The second-order valence-corrected chi connectivity index (χ2v) is 9.51. The number of rotatable bonds is 6. The zero-order valence-electron chi connectivity index (χ0n) is 17.1. The molecule has 0 aromatic heterocycles. The summed E-state index contributed by atoms with van der Waals surface area (Å²) in [7, 11) is -3.88. The molecule has 0 atom stereocenters. The minimum absolute atomic E-state index is 0.0128. The van der Waals surface area contributed by atoms with Gasteiger partial charge >= 0.3 is 5.97 Å². The Morgan fingerprint density at radius 2 is 1.85 bits per heavy atom. The van der Waals surface area contributed by atoms with Crippen LogP contribution in [0.1, 0.15) is 15.9 Å². The standard InChI is InChI=1S/C23H18ClFN2O5S/c24-19-13-17(8-9-20(19)25)26-22(28)14-32-23(29)16-5-3-6-18(12-16)33(30,31)27-11-10-15-4-1-2-7-21(15)27/h1-9,12-13H,10-11,14H2,(H,26,28). The lowest BCUT2D eigenvalue weighted by Crippen LogP contribution is -2.29. The van der Waals surface area contributed by atoms with E-state index in [1.165, 1.54) is 40.7 Å². The highest BCUT2D eigenvalue weighted by Crippen LogP contribution is 2.32. The third-order valence-corrected chi connectivity index (χ3v) is 7.14. The van der Waals surface area contributed by atoms with Gasteiger partial charge in [-0.2, -0.15) is 0 Å². The molecule has 33 heavy (non-hydrogen) atoms. The van der Waals surface area contributed by atoms with Gasteiger partial charge in [-0.3, -0.25) is 9.10 Å². The summed E-state index contributed by atoms with van der Waals surface area (Å²) in [4.78, 5) is 24.4. The molecule has 0 saturated heterocycles. The zero-order chi connectivity index (χ0) is 23.6. The minimum atomic E-state index is -3.88. The molecule has 0 spiro atoms. The van der Waals surface area contributed by atoms with E-state index in [0.29, 0.717) is 18.7 Å². The van der Waals surface area contributed by atoms with E-state index in [2.05, 4.69) is 5.32 Å². The number of nitrogens with one attached hydrogen (secondary N) is 1. The van der Waals surface area contributed by atoms with Crippen LogP contribution in [0.4, 0.5) is 15.8 Å². The Balaban J connectivity index is 1.43. The van der Waals surface area contributed by atoms with E-state index in [4.69, 9.17) is 16.3 Å². The highest BCUT2D eigenvalue weighted by molar-refractivity contribution is 7.92. The van der Waals surface area contributed by atoms with Crippen LogP contribution in [0, 0.1) is 5.82 Å². The number of amides is 1. The van der Waals surface area contributed by atoms with Gasteiger partial charge in [-0.25, -0.2) is 17.6 Å². The number of benzene rings is 3. The maximum absolute atomic E-state index is 13.2. The summed E-state index contributed by atoms with van der Waals surface area (Å²) >= 11 is 5.67. The number of fused-ring (bicyclic) bond motifs is 1. The van der Waals surface area contributed by atoms with Gasteiger partial charge in [-0.15, -0.1) is 0 Å². The molecule has 1 N–H and O–H groups in total. The minimum Gasteiger partial charge on any atom is -0.452 e. The van der Waals surface area contributed by atoms with Crippen molar-refractivity contribution in [1.29, 1.82) is 0 Å². The fourth-order valence-corrected chi connectivity index (χ4v) is 5.18. The summed E-state index contributed by atoms with van der Waals surface area (Å²) in [6.45, 7) is -0.311. The van der Waals surface area contributed by atoms with Gasteiger partial charge in [0, 0.05) is 12.2 Å². The van der Waals surface area contributed by atoms with Crippen LogP contribution >= 0.6 is 11.6 Å². The van der Waals surface area contributed by atoms with Gasteiger partial charge < -0.3 is 10.1 Å². The summed E-state index contributed by atoms with van der Waals surface area (Å²) in [5, 5.41) is 2.27. The number of nitrogens with zero attached hydrogens (tertiary/aromatic N) is 1. The Kier molecular flexibility index (Phi) is 6.35. The molecule has 3 aromatic carbocycles. The van der Waals surface area contributed by atoms with Crippen molar-refractivity contribution >= 4 is 44.9 Å². The molecule has 10 heteroatoms. The molecular formula is C23H18ClFN2O5S. The van der Waals surface area contributed by atoms with E-state index in [0.717, 1.165) is 11.6 Å². The molecule has 0 aliphatic carbocycles. The number of hydrogen-bond donors (Lipinski definition) is 1. The molecule has 0 saturated carbocycles. The fraction of sp³-hybridized carbons (Fsp3) is 0.130. The monoisotopic (exact) mass is 488 g/mol. The van der Waals surface area contributed by atoms with Crippen molar-refractivity contribution in [2.75, 3.05) is 22.8 Å². The van der Waals surface area contributed by atoms with E-state index in [1.54, 1.807) is 12.1 Å². The Morgan fingerprint density at radius 3 is 2.64 bits per heavy atom. The second kappa shape index (κ2) is 9.21. The van der Waals surface area contributed by atoms with Crippen LogP contribution in [-0.2, 0) is 26.0 Å². The molecule has 0 unspecified atom stereocenters. The molecule has 7 nitrogen and oxygen atoms in total. The van der Waals surface area contributed by atoms with Crippen molar-refractivity contribution in [3.05, 3.63) is 88.7 Å². The first kappa shape index (κ1) is 22.8. The highest BCUT2D eigenvalue weighted by atomic mass is 35.5. The van der Waals surface area contributed by atoms with Gasteiger partial charge in [0.05, 0.1) is 21.2 Å². The third kappa shape index (κ3) is 4.84. The molecule has 4 rings (SSSR count). The summed E-state index contributed by atoms with van der Waals surface area (Å²) in [6, 6.07) is 16.3. The average molecular weight is 489 g/mol. The van der Waals surface area contributed by atoms with Crippen LogP contribution in [0.3, 0.4) is 0 Å². The van der Waals surface area contributed by atoms with Gasteiger partial charge in [0.1, 0.15) is 5.82 Å². The third-order valence-electron chi connectivity index (χ3n) is 5.04. The van der Waals surface area contributed by atoms with Crippen molar-refractivity contribution in [2.24, 2.45) is 0 Å². The number of hydrogen-bond acceptors (Lipinski definition) is 5. The van der Waals surface area contributed by atoms with Gasteiger partial charge in [0.15, 0.2) is 6.61 Å². The number of ether oxygens (including phenoxy) is 1. The van der Waals surface area contributed by atoms with Crippen molar-refractivity contribution in [3.8, 4) is 0 Å². The molecule has 1 amide bonds. The maximum Gasteiger partial charge on any atom is 0.338 e. The molecule has 1 aliphatic heterocycles. The molecule has 3 aromatic rings. The fourth-order valence-electron chi connectivity index (χ4n) is 3.45. The Bertz CT molecular complexity index is 1350. The number of carbonyl (C=O) groups is 2. The summed E-state index contributed by atoms with van der Waals surface area (Å²) in [5.74, 6) is -2.15. The summed E-state index contributed by atoms with van der Waals surface area (Å²) in [5.41, 5.74) is 1.77. The Hall–Kier alpha value is -3.43. The van der Waals surface area contributed by atoms with Crippen LogP contribution in [0.15, 0.2) is 71.6 Å². The van der Waals surface area contributed by atoms with Gasteiger partial charge in [0.2, 0.25) is 0 Å². The van der Waals surface area contributed by atoms with Crippen LogP contribution in [0.5, 0.6) is 0 Å². The van der Waals surface area contributed by atoms with Crippen LogP contribution in [-0.4, -0.2) is 33.4 Å². The van der Waals surface area contributed by atoms with Crippen LogP contribution in [0.2, 0.25) is 5.02 Å². The van der Waals surface area contributed by atoms with E-state index in [-0.39, 0.29) is 21.2 Å². The Labute approximate surface area is 194 Å². The number of sulfonamides is 1. The lowest BCUT2D eigenvalue weighted by Gasteiger charge is -2.19. The molecule has 170 valence electrons. The predicted octanol–water partition coefficient (Wildman–Crippen LogP) is 4.03. The topological polar surface area (TPSA) is 92.8 Å². The molecule has 1 aliphatic rings. The number of anilines is 2. The highest BCUT2D eigenvalue weighted by Gasteiger charge is 2.31. The normalized spacial score (nSPS) is 12.8. The van der Waals surface area contributed by atoms with E-state index in [9.17, 15) is 22.4 Å². The molecular weight excluding hydrogens is 471 g/mol. The predicted molar refractivity (Wildman–Crippen MR) is 121 cm³/mol. The van der Waals surface area contributed by atoms with E-state index >= 15 is 0 Å². The lowest BCUT2D eigenvalue weighted by molar-refractivity contribution is -0.119. The first-order valence-electron chi connectivity index (χ1n) is 9.88. The largest absolute Gasteiger partial charge is 0.452 e. The van der Waals surface area contributed by atoms with Crippen molar-refractivity contribution < 1.29 is 27.1 Å². The van der Waals surface area contributed by atoms with Gasteiger partial charge in [-0.1, -0.05) is 35.9 Å². The van der Waals surface area contributed by atoms with Gasteiger partial charge in [-0.05, 0) is 54.4 Å². The Morgan fingerprint density at radius 1 is 1.06 bits per heavy atom. The summed E-state index contributed by atoms with van der Waals surface area (Å²) in [6.07, 6.45) is 0.603. The van der Waals surface area contributed by atoms with Crippen molar-refractivity contribution in [3.63, 3.8) is 0 Å². The number of para-hydroxylation sites is 1. The molecule has 0 bridgehead atoms. The number of carbonyl (C=O) groups excluding carboxylic acids is 2.